The van der Waals surface area contributed by atoms with Gasteiger partial charge in [0.2, 0.25) is 0 Å². The zero-order valence-corrected chi connectivity index (χ0v) is 11.3. The first-order valence-electron chi connectivity index (χ1n) is 6.53. The van der Waals surface area contributed by atoms with Crippen molar-refractivity contribution in [2.45, 2.75) is 19.9 Å². The van der Waals surface area contributed by atoms with Crippen LogP contribution in [0, 0.1) is 11.3 Å². The van der Waals surface area contributed by atoms with Gasteiger partial charge in [0.05, 0.1) is 30.1 Å². The number of nitrogens with one attached hydrogen (secondary N) is 1. The fraction of sp³-hybridized carbons (Fsp3) is 0.267. The highest BCUT2D eigenvalue weighted by molar-refractivity contribution is 5.38. The fourth-order valence-corrected chi connectivity index (χ4v) is 1.78. The molecule has 0 bridgehead atoms. The predicted molar refractivity (Wildman–Crippen MR) is 77.5 cm³/mol. The summed E-state index contributed by atoms with van der Waals surface area (Å²) < 4.78 is 1.40. The summed E-state index contributed by atoms with van der Waals surface area (Å²) in [5, 5.41) is 16.0. The third-order valence-electron chi connectivity index (χ3n) is 2.86. The van der Waals surface area contributed by atoms with Gasteiger partial charge >= 0.3 is 0 Å². The molecule has 0 aliphatic carbocycles. The number of anilines is 1. The van der Waals surface area contributed by atoms with Crippen LogP contribution < -0.4 is 10.9 Å². The highest BCUT2D eigenvalue weighted by Crippen LogP contribution is 2.05. The van der Waals surface area contributed by atoms with Crippen molar-refractivity contribution >= 4 is 5.69 Å². The molecular formula is C15H16N4O. The SMILES string of the molecule is CCCNc1cnn(Cc2ccc(C#N)cc2)c(=O)c1. The molecule has 0 aliphatic rings. The topological polar surface area (TPSA) is 70.7 Å². The number of benzene rings is 1. The predicted octanol–water partition coefficient (Wildman–Crippen LogP) is 1.99. The van der Waals surface area contributed by atoms with E-state index in [9.17, 15) is 4.79 Å². The van der Waals surface area contributed by atoms with Gasteiger partial charge in [0, 0.05) is 12.6 Å². The van der Waals surface area contributed by atoms with E-state index >= 15 is 0 Å². The summed E-state index contributed by atoms with van der Waals surface area (Å²) in [7, 11) is 0. The molecule has 1 aromatic carbocycles. The molecule has 1 heterocycles. The summed E-state index contributed by atoms with van der Waals surface area (Å²) in [5.74, 6) is 0. The third kappa shape index (κ3) is 3.45. The maximum Gasteiger partial charge on any atom is 0.269 e. The lowest BCUT2D eigenvalue weighted by atomic mass is 10.1. The van der Waals surface area contributed by atoms with Gasteiger partial charge in [-0.2, -0.15) is 10.4 Å². The Kier molecular flexibility index (Phi) is 4.51. The zero-order valence-electron chi connectivity index (χ0n) is 11.3. The van der Waals surface area contributed by atoms with Crippen LogP contribution in [-0.4, -0.2) is 16.3 Å². The minimum absolute atomic E-state index is 0.143. The second-order valence-electron chi connectivity index (χ2n) is 4.48. The van der Waals surface area contributed by atoms with E-state index in [1.807, 2.05) is 12.1 Å². The van der Waals surface area contributed by atoms with Crippen molar-refractivity contribution in [1.29, 1.82) is 5.26 Å². The Balaban J connectivity index is 2.13. The van der Waals surface area contributed by atoms with Crippen molar-refractivity contribution in [2.24, 2.45) is 0 Å². The zero-order chi connectivity index (χ0) is 14.4. The van der Waals surface area contributed by atoms with Crippen molar-refractivity contribution < 1.29 is 0 Å². The van der Waals surface area contributed by atoms with Gasteiger partial charge in [0.15, 0.2) is 0 Å². The average Bonchev–Trinajstić information content (AvgIpc) is 2.48. The summed E-state index contributed by atoms with van der Waals surface area (Å²) in [6.45, 7) is 3.28. The second-order valence-corrected chi connectivity index (χ2v) is 4.48. The number of hydrogen-bond donors (Lipinski definition) is 1. The van der Waals surface area contributed by atoms with Gasteiger partial charge in [-0.3, -0.25) is 4.79 Å². The van der Waals surface area contributed by atoms with Crippen LogP contribution in [0.15, 0.2) is 41.3 Å². The molecule has 0 spiro atoms. The van der Waals surface area contributed by atoms with Crippen LogP contribution in [0.1, 0.15) is 24.5 Å². The van der Waals surface area contributed by atoms with E-state index in [1.54, 1.807) is 24.4 Å². The standard InChI is InChI=1S/C15H16N4O/c1-2-7-17-14-8-15(20)19(18-10-14)11-13-5-3-12(9-16)4-6-13/h3-6,8,10,17H,2,7,11H2,1H3. The number of hydrogen-bond acceptors (Lipinski definition) is 4. The van der Waals surface area contributed by atoms with Crippen LogP contribution in [0.4, 0.5) is 5.69 Å². The summed E-state index contributed by atoms with van der Waals surface area (Å²) in [4.78, 5) is 11.9. The molecule has 20 heavy (non-hydrogen) atoms. The molecule has 0 saturated heterocycles. The van der Waals surface area contributed by atoms with E-state index in [0.29, 0.717) is 12.1 Å². The lowest BCUT2D eigenvalue weighted by Crippen LogP contribution is -2.23. The first kappa shape index (κ1) is 13.8. The average molecular weight is 268 g/mol. The summed E-state index contributed by atoms with van der Waals surface area (Å²) >= 11 is 0. The van der Waals surface area contributed by atoms with Gasteiger partial charge < -0.3 is 5.32 Å². The largest absolute Gasteiger partial charge is 0.384 e. The molecule has 2 rings (SSSR count). The van der Waals surface area contributed by atoms with Gasteiger partial charge in [-0.1, -0.05) is 19.1 Å². The highest BCUT2D eigenvalue weighted by Gasteiger charge is 2.01. The Bertz CT molecular complexity index is 668. The van der Waals surface area contributed by atoms with Gasteiger partial charge in [0.25, 0.3) is 5.56 Å². The summed E-state index contributed by atoms with van der Waals surface area (Å²) in [6.07, 6.45) is 2.65. The fourth-order valence-electron chi connectivity index (χ4n) is 1.78. The first-order valence-corrected chi connectivity index (χ1v) is 6.53. The minimum Gasteiger partial charge on any atom is -0.384 e. The van der Waals surface area contributed by atoms with E-state index < -0.39 is 0 Å². The van der Waals surface area contributed by atoms with Crippen LogP contribution in [0.5, 0.6) is 0 Å². The third-order valence-corrected chi connectivity index (χ3v) is 2.86. The molecule has 1 N–H and O–H groups in total. The summed E-state index contributed by atoms with van der Waals surface area (Å²) in [5.41, 5.74) is 2.14. The smallest absolute Gasteiger partial charge is 0.269 e. The monoisotopic (exact) mass is 268 g/mol. The first-order chi connectivity index (χ1) is 9.72. The van der Waals surface area contributed by atoms with Crippen LogP contribution in [0.2, 0.25) is 0 Å². The molecule has 1 aromatic heterocycles. The second kappa shape index (κ2) is 6.53. The van der Waals surface area contributed by atoms with Crippen LogP contribution in [0.25, 0.3) is 0 Å². The van der Waals surface area contributed by atoms with Crippen molar-refractivity contribution in [3.63, 3.8) is 0 Å². The maximum absolute atomic E-state index is 11.9. The van der Waals surface area contributed by atoms with E-state index in [0.717, 1.165) is 24.2 Å². The molecule has 0 aliphatic heterocycles. The van der Waals surface area contributed by atoms with Gasteiger partial charge in [-0.05, 0) is 24.1 Å². The van der Waals surface area contributed by atoms with Crippen molar-refractivity contribution in [3.05, 3.63) is 58.0 Å². The van der Waals surface area contributed by atoms with Gasteiger partial charge in [-0.15, -0.1) is 0 Å². The Morgan fingerprint density at radius 3 is 2.70 bits per heavy atom. The maximum atomic E-state index is 11.9. The van der Waals surface area contributed by atoms with Crippen molar-refractivity contribution in [2.75, 3.05) is 11.9 Å². The van der Waals surface area contributed by atoms with E-state index in [1.165, 1.54) is 4.68 Å². The molecule has 0 saturated carbocycles. The molecule has 5 nitrogen and oxygen atoms in total. The lowest BCUT2D eigenvalue weighted by molar-refractivity contribution is 0.639. The lowest BCUT2D eigenvalue weighted by Gasteiger charge is -2.07. The molecule has 0 unspecified atom stereocenters. The van der Waals surface area contributed by atoms with Gasteiger partial charge in [0.1, 0.15) is 0 Å². The Morgan fingerprint density at radius 1 is 1.35 bits per heavy atom. The van der Waals surface area contributed by atoms with E-state index in [4.69, 9.17) is 5.26 Å². The Morgan fingerprint density at radius 2 is 2.10 bits per heavy atom. The Labute approximate surface area is 117 Å². The number of rotatable bonds is 5. The van der Waals surface area contributed by atoms with E-state index in [2.05, 4.69) is 23.4 Å². The highest BCUT2D eigenvalue weighted by atomic mass is 16.1. The molecule has 102 valence electrons. The minimum atomic E-state index is -0.143. The van der Waals surface area contributed by atoms with Crippen LogP contribution in [-0.2, 0) is 6.54 Å². The molecule has 0 amide bonds. The molecule has 2 aromatic rings. The van der Waals surface area contributed by atoms with E-state index in [-0.39, 0.29) is 5.56 Å². The molecule has 5 heteroatoms. The number of nitriles is 1. The Hall–Kier alpha value is -2.61. The molecule has 0 atom stereocenters. The number of aromatic nitrogens is 2. The van der Waals surface area contributed by atoms with Crippen LogP contribution in [0.3, 0.4) is 0 Å². The van der Waals surface area contributed by atoms with Crippen molar-refractivity contribution in [3.8, 4) is 6.07 Å². The normalized spacial score (nSPS) is 10.0. The van der Waals surface area contributed by atoms with Crippen molar-refractivity contribution in [1.82, 2.24) is 9.78 Å². The van der Waals surface area contributed by atoms with Crippen LogP contribution >= 0.6 is 0 Å². The van der Waals surface area contributed by atoms with Gasteiger partial charge in [-0.25, -0.2) is 4.68 Å². The quantitative estimate of drug-likeness (QED) is 0.900. The molecule has 0 fully saturated rings. The number of nitrogens with zero attached hydrogens (tertiary/aromatic N) is 3. The molecular weight excluding hydrogens is 252 g/mol. The molecule has 0 radical (unpaired) electrons. The summed E-state index contributed by atoms with van der Waals surface area (Å²) in [6, 6.07) is 10.7.